The fourth-order valence-corrected chi connectivity index (χ4v) is 2.80. The van der Waals surface area contributed by atoms with Gasteiger partial charge in [-0.05, 0) is 37.1 Å². The van der Waals surface area contributed by atoms with Gasteiger partial charge in [0.2, 0.25) is 5.95 Å². The Bertz CT molecular complexity index is 925. The van der Waals surface area contributed by atoms with Crippen molar-refractivity contribution in [2.45, 2.75) is 19.9 Å². The maximum Gasteiger partial charge on any atom is 0.223 e. The second-order valence-corrected chi connectivity index (χ2v) is 6.49. The summed E-state index contributed by atoms with van der Waals surface area (Å²) in [6.07, 6.45) is 1.64. The molecule has 5 nitrogen and oxygen atoms in total. The molecule has 3 aromatic rings. The molecule has 0 radical (unpaired) electrons. The first-order valence-electron chi connectivity index (χ1n) is 8.70. The highest BCUT2D eigenvalue weighted by Gasteiger charge is 2.16. The van der Waals surface area contributed by atoms with Gasteiger partial charge in [0.15, 0.2) is 0 Å². The fraction of sp³-hybridized carbons (Fsp3) is 0.238. The molecule has 0 saturated carbocycles. The Morgan fingerprint density at radius 3 is 2.37 bits per heavy atom. The summed E-state index contributed by atoms with van der Waals surface area (Å²) in [5.41, 5.74) is 4.99. The van der Waals surface area contributed by atoms with Crippen LogP contribution in [0.15, 0.2) is 48.7 Å². The number of rotatable bonds is 6. The molecule has 2 aromatic carbocycles. The van der Waals surface area contributed by atoms with Crippen molar-refractivity contribution < 1.29 is 14.6 Å². The lowest BCUT2D eigenvalue weighted by molar-refractivity contribution is 0.203. The monoisotopic (exact) mass is 367 g/mol. The van der Waals surface area contributed by atoms with Crippen molar-refractivity contribution in [2.24, 2.45) is 0 Å². The third kappa shape index (κ3) is 4.30. The molecule has 0 unspecified atom stereocenters. The number of aliphatic hydroxyl groups excluding tert-OH is 2. The van der Waals surface area contributed by atoms with Crippen molar-refractivity contribution in [1.29, 1.82) is 0 Å². The SMILES string of the molecule is Cc1ccc(-c2nc(NC(CO)CO)ncc2-c2cc(F)ccc2C)cc1. The van der Waals surface area contributed by atoms with E-state index in [1.54, 1.807) is 12.3 Å². The van der Waals surface area contributed by atoms with Gasteiger partial charge in [0.05, 0.1) is 24.9 Å². The molecule has 0 atom stereocenters. The third-order valence-electron chi connectivity index (χ3n) is 4.38. The lowest BCUT2D eigenvalue weighted by Crippen LogP contribution is -2.28. The summed E-state index contributed by atoms with van der Waals surface area (Å²) in [7, 11) is 0. The van der Waals surface area contributed by atoms with Gasteiger partial charge in [-0.3, -0.25) is 0 Å². The van der Waals surface area contributed by atoms with Gasteiger partial charge in [-0.25, -0.2) is 14.4 Å². The van der Waals surface area contributed by atoms with Gasteiger partial charge in [-0.1, -0.05) is 35.9 Å². The van der Waals surface area contributed by atoms with Crippen LogP contribution in [-0.4, -0.2) is 39.4 Å². The van der Waals surface area contributed by atoms with E-state index in [0.29, 0.717) is 11.3 Å². The van der Waals surface area contributed by atoms with Gasteiger partial charge < -0.3 is 15.5 Å². The van der Waals surface area contributed by atoms with Crippen molar-refractivity contribution in [3.8, 4) is 22.4 Å². The molecule has 0 fully saturated rings. The van der Waals surface area contributed by atoms with Crippen LogP contribution in [0.2, 0.25) is 0 Å². The Morgan fingerprint density at radius 2 is 1.70 bits per heavy atom. The first-order chi connectivity index (χ1) is 13.0. The van der Waals surface area contributed by atoms with Crippen LogP contribution < -0.4 is 5.32 Å². The number of hydrogen-bond donors (Lipinski definition) is 3. The van der Waals surface area contributed by atoms with Crippen LogP contribution in [0.4, 0.5) is 10.3 Å². The minimum atomic E-state index is -0.558. The number of nitrogens with one attached hydrogen (secondary N) is 1. The molecule has 3 N–H and O–H groups in total. The number of anilines is 1. The van der Waals surface area contributed by atoms with E-state index in [1.165, 1.54) is 12.1 Å². The highest BCUT2D eigenvalue weighted by molar-refractivity contribution is 5.82. The first kappa shape index (κ1) is 18.9. The van der Waals surface area contributed by atoms with Crippen LogP contribution in [0.1, 0.15) is 11.1 Å². The Hall–Kier alpha value is -2.83. The normalized spacial score (nSPS) is 11.0. The number of hydrogen-bond acceptors (Lipinski definition) is 5. The highest BCUT2D eigenvalue weighted by atomic mass is 19.1. The molecular weight excluding hydrogens is 345 g/mol. The van der Waals surface area contributed by atoms with Gasteiger partial charge in [0.25, 0.3) is 0 Å². The van der Waals surface area contributed by atoms with E-state index in [2.05, 4.69) is 15.3 Å². The molecule has 0 saturated heterocycles. The first-order valence-corrected chi connectivity index (χ1v) is 8.70. The quantitative estimate of drug-likeness (QED) is 0.623. The maximum atomic E-state index is 13.9. The van der Waals surface area contributed by atoms with E-state index >= 15 is 0 Å². The molecule has 0 spiro atoms. The lowest BCUT2D eigenvalue weighted by atomic mass is 9.97. The van der Waals surface area contributed by atoms with Crippen LogP contribution >= 0.6 is 0 Å². The largest absolute Gasteiger partial charge is 0.394 e. The summed E-state index contributed by atoms with van der Waals surface area (Å²) in [6.45, 7) is 3.42. The summed E-state index contributed by atoms with van der Waals surface area (Å²) >= 11 is 0. The van der Waals surface area contributed by atoms with E-state index in [4.69, 9.17) is 0 Å². The van der Waals surface area contributed by atoms with Crippen LogP contribution in [0.3, 0.4) is 0 Å². The van der Waals surface area contributed by atoms with Crippen molar-refractivity contribution in [2.75, 3.05) is 18.5 Å². The second-order valence-electron chi connectivity index (χ2n) is 6.49. The average Bonchev–Trinajstić information content (AvgIpc) is 2.68. The van der Waals surface area contributed by atoms with Gasteiger partial charge >= 0.3 is 0 Å². The van der Waals surface area contributed by atoms with Gasteiger partial charge in [0, 0.05) is 17.3 Å². The number of aromatic nitrogens is 2. The van der Waals surface area contributed by atoms with Gasteiger partial charge in [0.1, 0.15) is 5.82 Å². The van der Waals surface area contributed by atoms with E-state index < -0.39 is 6.04 Å². The minimum Gasteiger partial charge on any atom is -0.394 e. The van der Waals surface area contributed by atoms with E-state index in [-0.39, 0.29) is 25.0 Å². The van der Waals surface area contributed by atoms with Crippen molar-refractivity contribution >= 4 is 5.95 Å². The predicted molar refractivity (Wildman–Crippen MR) is 104 cm³/mol. The molecule has 27 heavy (non-hydrogen) atoms. The highest BCUT2D eigenvalue weighted by Crippen LogP contribution is 2.33. The van der Waals surface area contributed by atoms with Crippen molar-refractivity contribution in [3.05, 3.63) is 65.6 Å². The standard InChI is InChI=1S/C21H22FN3O2/c1-13-3-6-15(7-4-13)20-19(18-9-16(22)8-5-14(18)2)10-23-21(25-20)24-17(11-26)12-27/h3-10,17,26-27H,11-12H2,1-2H3,(H,23,24,25). The number of aryl methyl sites for hydroxylation is 2. The Kier molecular flexibility index (Phi) is 5.78. The number of halogens is 1. The number of benzene rings is 2. The summed E-state index contributed by atoms with van der Waals surface area (Å²) in [4.78, 5) is 8.89. The molecule has 0 aliphatic rings. The molecule has 6 heteroatoms. The Morgan fingerprint density at radius 1 is 1.00 bits per heavy atom. The summed E-state index contributed by atoms with van der Waals surface area (Å²) in [5.74, 6) is -0.0373. The average molecular weight is 367 g/mol. The fourth-order valence-electron chi connectivity index (χ4n) is 2.80. The number of aliphatic hydroxyl groups is 2. The van der Waals surface area contributed by atoms with Crippen LogP contribution in [0.5, 0.6) is 0 Å². The Labute approximate surface area is 157 Å². The van der Waals surface area contributed by atoms with Crippen LogP contribution in [0.25, 0.3) is 22.4 Å². The van der Waals surface area contributed by atoms with E-state index in [1.807, 2.05) is 38.1 Å². The molecule has 1 heterocycles. The van der Waals surface area contributed by atoms with Crippen molar-refractivity contribution in [1.82, 2.24) is 9.97 Å². The molecule has 0 aliphatic carbocycles. The summed E-state index contributed by atoms with van der Waals surface area (Å²) in [6, 6.07) is 11.9. The smallest absolute Gasteiger partial charge is 0.223 e. The summed E-state index contributed by atoms with van der Waals surface area (Å²) in [5, 5.41) is 21.5. The molecule has 0 aliphatic heterocycles. The zero-order chi connectivity index (χ0) is 19.4. The molecule has 0 bridgehead atoms. The molecule has 140 valence electrons. The molecule has 0 amide bonds. The molecule has 1 aromatic heterocycles. The topological polar surface area (TPSA) is 78.3 Å². The van der Waals surface area contributed by atoms with Gasteiger partial charge in [-0.15, -0.1) is 0 Å². The Balaban J connectivity index is 2.14. The van der Waals surface area contributed by atoms with Gasteiger partial charge in [-0.2, -0.15) is 0 Å². The molecule has 3 rings (SSSR count). The summed E-state index contributed by atoms with van der Waals surface area (Å²) < 4.78 is 13.9. The lowest BCUT2D eigenvalue weighted by Gasteiger charge is -2.16. The van der Waals surface area contributed by atoms with Crippen LogP contribution in [0, 0.1) is 19.7 Å². The van der Waals surface area contributed by atoms with E-state index in [0.717, 1.165) is 22.3 Å². The maximum absolute atomic E-state index is 13.9. The zero-order valence-electron chi connectivity index (χ0n) is 15.3. The van der Waals surface area contributed by atoms with Crippen LogP contribution in [-0.2, 0) is 0 Å². The third-order valence-corrected chi connectivity index (χ3v) is 4.38. The predicted octanol–water partition coefficient (Wildman–Crippen LogP) is 3.33. The minimum absolute atomic E-state index is 0.246. The molecular formula is C21H22FN3O2. The number of nitrogens with zero attached hydrogens (tertiary/aromatic N) is 2. The van der Waals surface area contributed by atoms with E-state index in [9.17, 15) is 14.6 Å². The second kappa shape index (κ2) is 8.24. The van der Waals surface area contributed by atoms with Crippen molar-refractivity contribution in [3.63, 3.8) is 0 Å². The zero-order valence-corrected chi connectivity index (χ0v) is 15.3.